The Morgan fingerprint density at radius 3 is 2.79 bits per heavy atom. The number of amides is 1. The van der Waals surface area contributed by atoms with Crippen molar-refractivity contribution < 1.29 is 14.6 Å². The number of fused-ring (bicyclic) bond motifs is 1. The van der Waals surface area contributed by atoms with Crippen molar-refractivity contribution in [2.24, 2.45) is 0 Å². The van der Waals surface area contributed by atoms with Crippen LogP contribution < -0.4 is 15.4 Å². The molecule has 0 fully saturated rings. The summed E-state index contributed by atoms with van der Waals surface area (Å²) < 4.78 is 5.40. The normalized spacial score (nSPS) is 12.9. The van der Waals surface area contributed by atoms with Gasteiger partial charge in [0, 0.05) is 17.8 Å². The van der Waals surface area contributed by atoms with Gasteiger partial charge in [0.1, 0.15) is 11.5 Å². The summed E-state index contributed by atoms with van der Waals surface area (Å²) in [6.07, 6.45) is 0. The SMILES string of the molecule is O=C1COc2cc(Nc3cc(-c4ccc(O)cc4)[nH]n3)ccc2N1. The van der Waals surface area contributed by atoms with Crippen LogP contribution in [-0.4, -0.2) is 27.8 Å². The van der Waals surface area contributed by atoms with E-state index in [0.717, 1.165) is 16.9 Å². The summed E-state index contributed by atoms with van der Waals surface area (Å²) in [7, 11) is 0. The zero-order valence-electron chi connectivity index (χ0n) is 12.5. The molecule has 0 saturated carbocycles. The fourth-order valence-corrected chi connectivity index (χ4v) is 2.47. The smallest absolute Gasteiger partial charge is 0.262 e. The van der Waals surface area contributed by atoms with E-state index in [1.807, 2.05) is 30.3 Å². The van der Waals surface area contributed by atoms with E-state index in [2.05, 4.69) is 20.8 Å². The lowest BCUT2D eigenvalue weighted by Crippen LogP contribution is -2.25. The maximum absolute atomic E-state index is 11.3. The number of aromatic nitrogens is 2. The van der Waals surface area contributed by atoms with Crippen molar-refractivity contribution in [2.45, 2.75) is 0 Å². The maximum Gasteiger partial charge on any atom is 0.262 e. The summed E-state index contributed by atoms with van der Waals surface area (Å²) in [5, 5.41) is 22.4. The van der Waals surface area contributed by atoms with Gasteiger partial charge < -0.3 is 20.5 Å². The zero-order chi connectivity index (χ0) is 16.5. The Hall–Kier alpha value is -3.48. The lowest BCUT2D eigenvalue weighted by atomic mass is 10.1. The number of phenols is 1. The van der Waals surface area contributed by atoms with Crippen LogP contribution in [0.1, 0.15) is 0 Å². The van der Waals surface area contributed by atoms with Crippen molar-refractivity contribution in [3.05, 3.63) is 48.5 Å². The van der Waals surface area contributed by atoms with Crippen molar-refractivity contribution in [2.75, 3.05) is 17.2 Å². The molecule has 2 heterocycles. The number of nitrogens with one attached hydrogen (secondary N) is 3. The number of hydrogen-bond acceptors (Lipinski definition) is 5. The van der Waals surface area contributed by atoms with E-state index < -0.39 is 0 Å². The van der Waals surface area contributed by atoms with Crippen LogP contribution in [0.4, 0.5) is 17.2 Å². The van der Waals surface area contributed by atoms with E-state index in [-0.39, 0.29) is 18.3 Å². The number of hydrogen-bond donors (Lipinski definition) is 4. The molecule has 0 radical (unpaired) electrons. The summed E-state index contributed by atoms with van der Waals surface area (Å²) in [6, 6.07) is 14.2. The topological polar surface area (TPSA) is 99.3 Å². The largest absolute Gasteiger partial charge is 0.508 e. The molecule has 1 aromatic heterocycles. The van der Waals surface area contributed by atoms with E-state index in [1.54, 1.807) is 18.2 Å². The zero-order valence-corrected chi connectivity index (χ0v) is 12.5. The molecule has 7 heteroatoms. The van der Waals surface area contributed by atoms with Crippen LogP contribution in [-0.2, 0) is 4.79 Å². The highest BCUT2D eigenvalue weighted by Gasteiger charge is 2.16. The lowest BCUT2D eigenvalue weighted by Gasteiger charge is -2.18. The van der Waals surface area contributed by atoms with Gasteiger partial charge in [-0.15, -0.1) is 0 Å². The third-order valence-corrected chi connectivity index (χ3v) is 3.64. The van der Waals surface area contributed by atoms with Gasteiger partial charge in [0.05, 0.1) is 11.4 Å². The first-order chi connectivity index (χ1) is 11.7. The molecule has 1 aliphatic heterocycles. The predicted octanol–water partition coefficient (Wildman–Crippen LogP) is 2.86. The standard InChI is InChI=1S/C17H14N4O3/c22-12-4-1-10(2-5-12)14-8-16(21-20-14)18-11-3-6-13-15(7-11)24-9-17(23)19-13/h1-8,22H,9H2,(H,19,23)(H2,18,20,21). The van der Waals surface area contributed by atoms with E-state index in [4.69, 9.17) is 4.74 Å². The Morgan fingerprint density at radius 2 is 1.96 bits per heavy atom. The van der Waals surface area contributed by atoms with E-state index in [0.29, 0.717) is 17.3 Å². The van der Waals surface area contributed by atoms with Crippen molar-refractivity contribution in [1.82, 2.24) is 10.2 Å². The molecule has 4 rings (SSSR count). The summed E-state index contributed by atoms with van der Waals surface area (Å²) in [5.41, 5.74) is 3.21. The molecule has 0 bridgehead atoms. The van der Waals surface area contributed by atoms with Gasteiger partial charge in [0.25, 0.3) is 5.91 Å². The van der Waals surface area contributed by atoms with Crippen LogP contribution in [0.15, 0.2) is 48.5 Å². The summed E-state index contributed by atoms with van der Waals surface area (Å²) in [6.45, 7) is 0.0177. The molecule has 0 atom stereocenters. The second-order valence-corrected chi connectivity index (χ2v) is 5.39. The number of aromatic amines is 1. The molecule has 2 aromatic carbocycles. The van der Waals surface area contributed by atoms with Gasteiger partial charge in [-0.1, -0.05) is 0 Å². The predicted molar refractivity (Wildman–Crippen MR) is 89.5 cm³/mol. The number of rotatable bonds is 3. The molecular formula is C17H14N4O3. The first-order valence-electron chi connectivity index (χ1n) is 7.36. The summed E-state index contributed by atoms with van der Waals surface area (Å²) in [4.78, 5) is 11.3. The Bertz CT molecular complexity index is 902. The number of carbonyl (C=O) groups is 1. The average Bonchev–Trinajstić information content (AvgIpc) is 3.04. The Kier molecular flexibility index (Phi) is 3.31. The lowest BCUT2D eigenvalue weighted by molar-refractivity contribution is -0.118. The molecule has 7 nitrogen and oxygen atoms in total. The highest BCUT2D eigenvalue weighted by molar-refractivity contribution is 5.95. The van der Waals surface area contributed by atoms with Gasteiger partial charge in [0.15, 0.2) is 12.4 Å². The second-order valence-electron chi connectivity index (χ2n) is 5.39. The van der Waals surface area contributed by atoms with Crippen molar-refractivity contribution in [3.63, 3.8) is 0 Å². The molecule has 4 N–H and O–H groups in total. The number of anilines is 3. The number of benzene rings is 2. The number of H-pyrrole nitrogens is 1. The number of aromatic hydroxyl groups is 1. The number of carbonyl (C=O) groups excluding carboxylic acids is 1. The minimum absolute atomic E-state index is 0.0177. The van der Waals surface area contributed by atoms with Gasteiger partial charge >= 0.3 is 0 Å². The van der Waals surface area contributed by atoms with Crippen LogP contribution in [0.3, 0.4) is 0 Å². The Balaban J connectivity index is 1.54. The van der Waals surface area contributed by atoms with Gasteiger partial charge in [-0.3, -0.25) is 9.89 Å². The summed E-state index contributed by atoms with van der Waals surface area (Å²) >= 11 is 0. The molecule has 0 spiro atoms. The van der Waals surface area contributed by atoms with Crippen molar-refractivity contribution in [1.29, 1.82) is 0 Å². The average molecular weight is 322 g/mol. The van der Waals surface area contributed by atoms with Crippen LogP contribution in [0.2, 0.25) is 0 Å². The molecule has 1 aliphatic rings. The molecule has 0 unspecified atom stereocenters. The molecule has 120 valence electrons. The first-order valence-corrected chi connectivity index (χ1v) is 7.36. The van der Waals surface area contributed by atoms with E-state index in [9.17, 15) is 9.90 Å². The number of phenolic OH excluding ortho intramolecular Hbond substituents is 1. The minimum Gasteiger partial charge on any atom is -0.508 e. The Morgan fingerprint density at radius 1 is 1.12 bits per heavy atom. The van der Waals surface area contributed by atoms with Gasteiger partial charge in [-0.25, -0.2) is 0 Å². The highest BCUT2D eigenvalue weighted by Crippen LogP contribution is 2.32. The van der Waals surface area contributed by atoms with Crippen LogP contribution >= 0.6 is 0 Å². The first kappa shape index (κ1) is 14.1. The molecule has 0 aliphatic carbocycles. The fraction of sp³-hybridized carbons (Fsp3) is 0.0588. The van der Waals surface area contributed by atoms with E-state index >= 15 is 0 Å². The molecular weight excluding hydrogens is 308 g/mol. The second kappa shape index (κ2) is 5.62. The van der Waals surface area contributed by atoms with Crippen molar-refractivity contribution in [3.8, 4) is 22.8 Å². The minimum atomic E-state index is -0.158. The quantitative estimate of drug-likeness (QED) is 0.594. The third-order valence-electron chi connectivity index (χ3n) is 3.64. The molecule has 24 heavy (non-hydrogen) atoms. The van der Waals surface area contributed by atoms with E-state index in [1.165, 1.54) is 0 Å². The maximum atomic E-state index is 11.3. The molecule has 3 aromatic rings. The fourth-order valence-electron chi connectivity index (χ4n) is 2.47. The Labute approximate surface area is 137 Å². The highest BCUT2D eigenvalue weighted by atomic mass is 16.5. The third kappa shape index (κ3) is 2.74. The van der Waals surface area contributed by atoms with Crippen molar-refractivity contribution >= 4 is 23.1 Å². The van der Waals surface area contributed by atoms with Gasteiger partial charge in [-0.2, -0.15) is 5.10 Å². The number of ether oxygens (including phenoxy) is 1. The molecule has 0 saturated heterocycles. The molecule has 1 amide bonds. The van der Waals surface area contributed by atoms with Gasteiger partial charge in [0.2, 0.25) is 0 Å². The van der Waals surface area contributed by atoms with Crippen LogP contribution in [0, 0.1) is 0 Å². The summed E-state index contributed by atoms with van der Waals surface area (Å²) in [5.74, 6) is 1.33. The number of nitrogens with zero attached hydrogens (tertiary/aromatic N) is 1. The monoisotopic (exact) mass is 322 g/mol. The van der Waals surface area contributed by atoms with Crippen LogP contribution in [0.25, 0.3) is 11.3 Å². The van der Waals surface area contributed by atoms with Gasteiger partial charge in [-0.05, 0) is 42.0 Å². The van der Waals surface area contributed by atoms with Crippen LogP contribution in [0.5, 0.6) is 11.5 Å².